The SMILES string of the molecule is Cc1nccn2c(-c3ccnc(S(C)(=O)=O)n3)c(-c3ccc(C(F)(F)F)cc3)nc12. The van der Waals surface area contributed by atoms with Crippen molar-refractivity contribution in [1.82, 2.24) is 24.3 Å². The highest BCUT2D eigenvalue weighted by atomic mass is 32.2. The fourth-order valence-corrected chi connectivity index (χ4v) is 3.53. The quantitative estimate of drug-likeness (QED) is 0.459. The predicted molar refractivity (Wildman–Crippen MR) is 102 cm³/mol. The number of nitrogens with zero attached hydrogens (tertiary/aromatic N) is 5. The summed E-state index contributed by atoms with van der Waals surface area (Å²) in [4.78, 5) is 16.7. The van der Waals surface area contributed by atoms with E-state index >= 15 is 0 Å². The van der Waals surface area contributed by atoms with Gasteiger partial charge in [-0.15, -0.1) is 0 Å². The minimum Gasteiger partial charge on any atom is -0.295 e. The summed E-state index contributed by atoms with van der Waals surface area (Å²) in [5.74, 6) is 0. The molecule has 1 aromatic carbocycles. The first-order valence-electron chi connectivity index (χ1n) is 8.60. The summed E-state index contributed by atoms with van der Waals surface area (Å²) < 4.78 is 64.3. The Kier molecular flexibility index (Phi) is 4.57. The third-order valence-corrected chi connectivity index (χ3v) is 5.27. The lowest BCUT2D eigenvalue weighted by Gasteiger charge is -2.08. The van der Waals surface area contributed by atoms with Gasteiger partial charge >= 0.3 is 6.18 Å². The molecule has 0 aliphatic rings. The van der Waals surface area contributed by atoms with Gasteiger partial charge in [0.1, 0.15) is 0 Å². The first-order valence-corrected chi connectivity index (χ1v) is 10.5. The molecule has 30 heavy (non-hydrogen) atoms. The molecular formula is C19H14F3N5O2S. The molecule has 0 bridgehead atoms. The Morgan fingerprint density at radius 1 is 0.967 bits per heavy atom. The van der Waals surface area contributed by atoms with Crippen molar-refractivity contribution >= 4 is 15.5 Å². The Balaban J connectivity index is 1.99. The Hall–Kier alpha value is -3.34. The van der Waals surface area contributed by atoms with E-state index in [1.807, 2.05) is 0 Å². The smallest absolute Gasteiger partial charge is 0.295 e. The van der Waals surface area contributed by atoms with Gasteiger partial charge in [0.05, 0.1) is 28.3 Å². The van der Waals surface area contributed by atoms with Crippen LogP contribution in [0, 0.1) is 6.92 Å². The fraction of sp³-hybridized carbons (Fsp3) is 0.158. The molecule has 0 aliphatic heterocycles. The number of fused-ring (bicyclic) bond motifs is 1. The van der Waals surface area contributed by atoms with Crippen LogP contribution in [0.1, 0.15) is 11.3 Å². The number of sulfone groups is 1. The predicted octanol–water partition coefficient (Wildman–Crippen LogP) is 3.58. The number of benzene rings is 1. The first kappa shape index (κ1) is 20.0. The zero-order chi connectivity index (χ0) is 21.7. The Bertz CT molecular complexity index is 1360. The number of aromatic nitrogens is 5. The maximum absolute atomic E-state index is 12.9. The second-order valence-corrected chi connectivity index (χ2v) is 8.50. The highest BCUT2D eigenvalue weighted by Gasteiger charge is 2.30. The molecule has 0 amide bonds. The number of hydrogen-bond donors (Lipinski definition) is 0. The van der Waals surface area contributed by atoms with E-state index in [1.165, 1.54) is 24.4 Å². The maximum Gasteiger partial charge on any atom is 0.416 e. The van der Waals surface area contributed by atoms with Crippen molar-refractivity contribution in [3.63, 3.8) is 0 Å². The van der Waals surface area contributed by atoms with Crippen LogP contribution in [0.15, 0.2) is 54.1 Å². The van der Waals surface area contributed by atoms with Gasteiger partial charge in [-0.05, 0) is 25.1 Å². The van der Waals surface area contributed by atoms with Crippen LogP contribution < -0.4 is 0 Å². The zero-order valence-corrected chi connectivity index (χ0v) is 16.5. The second kappa shape index (κ2) is 6.87. The van der Waals surface area contributed by atoms with Crippen molar-refractivity contribution in [2.75, 3.05) is 6.26 Å². The van der Waals surface area contributed by atoms with Gasteiger partial charge in [0.15, 0.2) is 5.65 Å². The minimum absolute atomic E-state index is 0.262. The van der Waals surface area contributed by atoms with Crippen molar-refractivity contribution in [2.45, 2.75) is 18.3 Å². The Labute approximate surface area is 169 Å². The number of rotatable bonds is 3. The van der Waals surface area contributed by atoms with Gasteiger partial charge in [0.25, 0.3) is 0 Å². The molecule has 11 heteroatoms. The average molecular weight is 433 g/mol. The summed E-state index contributed by atoms with van der Waals surface area (Å²) in [6.07, 6.45) is 1.01. The number of alkyl halides is 3. The normalized spacial score (nSPS) is 12.4. The van der Waals surface area contributed by atoms with Crippen LogP contribution in [0.4, 0.5) is 13.2 Å². The van der Waals surface area contributed by atoms with Crippen LogP contribution in [0.5, 0.6) is 0 Å². The van der Waals surface area contributed by atoms with Crippen molar-refractivity contribution in [3.8, 4) is 22.6 Å². The van der Waals surface area contributed by atoms with Crippen LogP contribution >= 0.6 is 0 Å². The summed E-state index contributed by atoms with van der Waals surface area (Å²) >= 11 is 0. The van der Waals surface area contributed by atoms with Gasteiger partial charge in [-0.3, -0.25) is 9.38 Å². The van der Waals surface area contributed by atoms with Crippen LogP contribution in [0.25, 0.3) is 28.3 Å². The molecule has 0 N–H and O–H groups in total. The van der Waals surface area contributed by atoms with Gasteiger partial charge in [-0.2, -0.15) is 13.2 Å². The molecule has 3 heterocycles. The molecule has 0 aliphatic carbocycles. The van der Waals surface area contributed by atoms with Crippen molar-refractivity contribution in [2.24, 2.45) is 0 Å². The van der Waals surface area contributed by atoms with E-state index in [4.69, 9.17) is 0 Å². The maximum atomic E-state index is 12.9. The lowest BCUT2D eigenvalue weighted by atomic mass is 10.1. The van der Waals surface area contributed by atoms with Gasteiger partial charge in [-0.25, -0.2) is 23.4 Å². The van der Waals surface area contributed by atoms with Crippen LogP contribution in [-0.2, 0) is 16.0 Å². The molecule has 0 fully saturated rings. The van der Waals surface area contributed by atoms with Crippen LogP contribution in [0.3, 0.4) is 0 Å². The Morgan fingerprint density at radius 2 is 1.67 bits per heavy atom. The van der Waals surface area contributed by atoms with Gasteiger partial charge in [-0.1, -0.05) is 12.1 Å². The average Bonchev–Trinajstić information content (AvgIpc) is 3.08. The lowest BCUT2D eigenvalue weighted by Crippen LogP contribution is -2.05. The molecule has 4 aromatic rings. The largest absolute Gasteiger partial charge is 0.416 e. The molecule has 0 saturated carbocycles. The zero-order valence-electron chi connectivity index (χ0n) is 15.7. The molecule has 0 atom stereocenters. The summed E-state index contributed by atoms with van der Waals surface area (Å²) in [5.41, 5.74) is 1.73. The highest BCUT2D eigenvalue weighted by Crippen LogP contribution is 2.35. The molecule has 0 radical (unpaired) electrons. The van der Waals surface area contributed by atoms with Gasteiger partial charge < -0.3 is 0 Å². The van der Waals surface area contributed by atoms with Crippen molar-refractivity contribution in [1.29, 1.82) is 0 Å². The summed E-state index contributed by atoms with van der Waals surface area (Å²) in [6, 6.07) is 6.08. The van der Waals surface area contributed by atoms with E-state index in [2.05, 4.69) is 19.9 Å². The topological polar surface area (TPSA) is 90.1 Å². The standard InChI is InChI=1S/C19H14F3N5O2S/c1-11-17-26-15(12-3-5-13(6-4-12)19(20,21)22)16(27(17)10-9-23-11)14-7-8-24-18(25-14)30(2,28)29/h3-10H,1-2H3. The number of imidazole rings is 1. The van der Waals surface area contributed by atoms with Gasteiger partial charge in [0, 0.05) is 30.4 Å². The van der Waals surface area contributed by atoms with Crippen LogP contribution in [0.2, 0.25) is 0 Å². The monoisotopic (exact) mass is 433 g/mol. The highest BCUT2D eigenvalue weighted by molar-refractivity contribution is 7.90. The lowest BCUT2D eigenvalue weighted by molar-refractivity contribution is -0.137. The van der Waals surface area contributed by atoms with Gasteiger partial charge in [0.2, 0.25) is 15.0 Å². The molecule has 0 saturated heterocycles. The second-order valence-electron chi connectivity index (χ2n) is 6.59. The van der Waals surface area contributed by atoms with Crippen molar-refractivity contribution < 1.29 is 21.6 Å². The molecule has 0 spiro atoms. The molecule has 7 nitrogen and oxygen atoms in total. The molecule has 3 aromatic heterocycles. The van der Waals surface area contributed by atoms with E-state index in [-0.39, 0.29) is 10.9 Å². The number of hydrogen-bond acceptors (Lipinski definition) is 6. The van der Waals surface area contributed by atoms with E-state index in [9.17, 15) is 21.6 Å². The molecule has 0 unspecified atom stereocenters. The number of halogens is 3. The summed E-state index contributed by atoms with van der Waals surface area (Å²) in [7, 11) is -3.67. The van der Waals surface area contributed by atoms with Crippen LogP contribution in [-0.4, -0.2) is 39.0 Å². The van der Waals surface area contributed by atoms with E-state index in [0.717, 1.165) is 18.4 Å². The van der Waals surface area contributed by atoms with Crippen molar-refractivity contribution in [3.05, 3.63) is 60.2 Å². The van der Waals surface area contributed by atoms with E-state index in [1.54, 1.807) is 23.7 Å². The third-order valence-electron chi connectivity index (χ3n) is 4.41. The Morgan fingerprint density at radius 3 is 2.30 bits per heavy atom. The summed E-state index contributed by atoms with van der Waals surface area (Å²) in [5, 5.41) is -0.362. The fourth-order valence-electron chi connectivity index (χ4n) is 3.02. The number of aryl methyl sites for hydroxylation is 1. The molecule has 4 rings (SSSR count). The van der Waals surface area contributed by atoms with E-state index < -0.39 is 21.6 Å². The summed E-state index contributed by atoms with van der Waals surface area (Å²) in [6.45, 7) is 1.74. The molecule has 154 valence electrons. The molecular weight excluding hydrogens is 419 g/mol. The minimum atomic E-state index is -4.46. The first-order chi connectivity index (χ1) is 14.1. The third kappa shape index (κ3) is 3.52. The van der Waals surface area contributed by atoms with E-state index in [0.29, 0.717) is 28.3 Å².